The topological polar surface area (TPSA) is 197 Å². The molecule has 5 atom stereocenters. The number of hydrogen-bond donors (Lipinski definition) is 6. The van der Waals surface area contributed by atoms with Crippen molar-refractivity contribution in [3.8, 4) is 17.2 Å². The van der Waals surface area contributed by atoms with Gasteiger partial charge in [-0.25, -0.2) is 4.79 Å². The molecule has 1 saturated heterocycles. The number of fused-ring (bicyclic) bond motifs is 7. The Morgan fingerprint density at radius 2 is 1.86 bits per heavy atom. The van der Waals surface area contributed by atoms with Crippen molar-refractivity contribution in [2.75, 3.05) is 39.5 Å². The van der Waals surface area contributed by atoms with Crippen LogP contribution >= 0.6 is 0 Å². The molecule has 13 heteroatoms. The van der Waals surface area contributed by atoms with E-state index in [1.54, 1.807) is 13.8 Å². The van der Waals surface area contributed by atoms with E-state index in [1.165, 1.54) is 0 Å². The molecule has 2 bridgehead atoms. The molecule has 13 nitrogen and oxygen atoms in total. The van der Waals surface area contributed by atoms with Gasteiger partial charge in [0.1, 0.15) is 34.7 Å². The fourth-order valence-corrected chi connectivity index (χ4v) is 9.59. The summed E-state index contributed by atoms with van der Waals surface area (Å²) < 4.78 is 25.2. The molecular weight excluding hydrogens is 720 g/mol. The third-order valence-corrected chi connectivity index (χ3v) is 12.7. The van der Waals surface area contributed by atoms with E-state index in [1.807, 2.05) is 24.4 Å². The fourth-order valence-electron chi connectivity index (χ4n) is 9.59. The van der Waals surface area contributed by atoms with Gasteiger partial charge in [0.15, 0.2) is 6.29 Å². The van der Waals surface area contributed by atoms with E-state index in [-0.39, 0.29) is 90.8 Å². The first-order chi connectivity index (χ1) is 27.1. The molecule has 5 aliphatic rings. The van der Waals surface area contributed by atoms with Gasteiger partial charge in [0.2, 0.25) is 5.76 Å². The molecule has 5 heterocycles. The lowest BCUT2D eigenvalue weighted by Gasteiger charge is -2.39. The largest absolute Gasteiger partial charge is 0.492 e. The molecular formula is C43H50N2O11. The third-order valence-electron chi connectivity index (χ3n) is 12.7. The first kappa shape index (κ1) is 38.3. The summed E-state index contributed by atoms with van der Waals surface area (Å²) in [7, 11) is 0. The molecule has 2 fully saturated rings. The van der Waals surface area contributed by atoms with Gasteiger partial charge in [-0.05, 0) is 106 Å². The molecule has 5 unspecified atom stereocenters. The van der Waals surface area contributed by atoms with Crippen molar-refractivity contribution >= 4 is 34.5 Å². The molecule has 56 heavy (non-hydrogen) atoms. The number of rotatable bonds is 8. The minimum absolute atomic E-state index is 0.00528. The standard InChI is InChI=1S/C43H50N2O11/c1-3-53-42(51)41-31(19-48)35-25-12-26(18-47)37(50)29(14-25)28-13-24-6-11-45-33(24)15-23(28)5-4-22(17-46)21-54-39-30-16-34(43(2,52)27-7-9-44-10-8-27)55-38(30)32(20-49)40(56-41)36(35)39/h6,11,13,15,19,22,26-27,29,34,44-47,49,52H,3-5,7-10,12,14,16-18,20-21H2,1-2H3. The molecule has 0 radical (unpaired) electrons. The predicted octanol–water partition coefficient (Wildman–Crippen LogP) is 3.57. The van der Waals surface area contributed by atoms with E-state index in [2.05, 4.69) is 10.3 Å². The SMILES string of the molecule is CCOC(=O)C1=C(C=O)C2=C3CC(CO)C(=O)C(C3)c3cc4cc[nH]c4cc3CCC(CO)COc3c4c(c(CO)c(c32)O1)OC(C(C)(O)C1CCNCC1)C4. The Labute approximate surface area is 324 Å². The van der Waals surface area contributed by atoms with Gasteiger partial charge in [-0.3, -0.25) is 9.59 Å². The van der Waals surface area contributed by atoms with Gasteiger partial charge in [0.05, 0.1) is 43.1 Å². The Morgan fingerprint density at radius 1 is 1.05 bits per heavy atom. The lowest BCUT2D eigenvalue weighted by atomic mass is 9.70. The van der Waals surface area contributed by atoms with E-state index in [9.17, 15) is 34.8 Å². The number of ether oxygens (including phenoxy) is 4. The summed E-state index contributed by atoms with van der Waals surface area (Å²) in [5.41, 5.74) is 3.27. The van der Waals surface area contributed by atoms with Crippen LogP contribution in [0.1, 0.15) is 79.7 Å². The number of aromatic amines is 1. The minimum Gasteiger partial charge on any atom is -0.492 e. The normalized spacial score (nSPS) is 25.0. The zero-order chi connectivity index (χ0) is 39.3. The summed E-state index contributed by atoms with van der Waals surface area (Å²) in [6.07, 6.45) is 4.62. The number of carbonyl (C=O) groups excluding carboxylic acids is 3. The number of allylic oxidation sites excluding steroid dienone is 3. The molecule has 1 aromatic heterocycles. The van der Waals surface area contributed by atoms with E-state index in [0.717, 1.165) is 48.0 Å². The van der Waals surface area contributed by atoms with Crippen molar-refractivity contribution in [2.45, 2.75) is 83.0 Å². The number of nitrogens with one attached hydrogen (secondary N) is 2. The zero-order valence-electron chi connectivity index (χ0n) is 31.8. The number of aliphatic hydroxyl groups is 4. The van der Waals surface area contributed by atoms with Crippen LogP contribution in [-0.2, 0) is 38.6 Å². The van der Waals surface area contributed by atoms with Gasteiger partial charge in [-0.2, -0.15) is 0 Å². The van der Waals surface area contributed by atoms with Crippen LogP contribution in [-0.4, -0.2) is 94.7 Å². The molecule has 298 valence electrons. The van der Waals surface area contributed by atoms with Gasteiger partial charge in [0, 0.05) is 53.6 Å². The number of aldehydes is 1. The Morgan fingerprint density at radius 3 is 2.57 bits per heavy atom. The summed E-state index contributed by atoms with van der Waals surface area (Å²) >= 11 is 0. The Kier molecular flexibility index (Phi) is 10.6. The lowest BCUT2D eigenvalue weighted by Crippen LogP contribution is -2.51. The Hall–Kier alpha value is -4.53. The first-order valence-corrected chi connectivity index (χ1v) is 19.8. The Bertz CT molecular complexity index is 2120. The van der Waals surface area contributed by atoms with E-state index >= 15 is 0 Å². The minimum atomic E-state index is -1.27. The fraction of sp³-hybridized carbons (Fsp3) is 0.512. The molecule has 2 aromatic carbocycles. The van der Waals surface area contributed by atoms with E-state index in [0.29, 0.717) is 41.4 Å². The maximum absolute atomic E-state index is 14.3. The number of esters is 1. The van der Waals surface area contributed by atoms with Crippen LogP contribution in [0.5, 0.6) is 17.2 Å². The van der Waals surface area contributed by atoms with Crippen LogP contribution in [0.2, 0.25) is 0 Å². The second-order valence-electron chi connectivity index (χ2n) is 16.0. The van der Waals surface area contributed by atoms with Crippen LogP contribution < -0.4 is 19.5 Å². The zero-order valence-corrected chi connectivity index (χ0v) is 31.8. The van der Waals surface area contributed by atoms with Crippen molar-refractivity contribution < 1.29 is 53.8 Å². The highest BCUT2D eigenvalue weighted by atomic mass is 16.6. The number of hydrogen-bond acceptors (Lipinski definition) is 12. The summed E-state index contributed by atoms with van der Waals surface area (Å²) in [5.74, 6) is -2.78. The van der Waals surface area contributed by atoms with Crippen molar-refractivity contribution in [2.24, 2.45) is 17.8 Å². The average molecular weight is 771 g/mol. The molecule has 1 saturated carbocycles. The van der Waals surface area contributed by atoms with E-state index < -0.39 is 42.7 Å². The predicted molar refractivity (Wildman–Crippen MR) is 204 cm³/mol. The number of benzene rings is 2. The maximum Gasteiger partial charge on any atom is 0.375 e. The summed E-state index contributed by atoms with van der Waals surface area (Å²) in [5, 5.41) is 48.9. The lowest BCUT2D eigenvalue weighted by molar-refractivity contribution is -0.141. The number of aromatic nitrogens is 1. The van der Waals surface area contributed by atoms with E-state index in [4.69, 9.17) is 18.9 Å². The van der Waals surface area contributed by atoms with Crippen LogP contribution in [0.4, 0.5) is 0 Å². The molecule has 6 N–H and O–H groups in total. The van der Waals surface area contributed by atoms with Gasteiger partial charge in [-0.1, -0.05) is 5.57 Å². The number of ketones is 1. The van der Waals surface area contributed by atoms with Crippen LogP contribution in [0.3, 0.4) is 0 Å². The highest BCUT2D eigenvalue weighted by molar-refractivity contribution is 6.11. The molecule has 1 aliphatic carbocycles. The van der Waals surface area contributed by atoms with Crippen molar-refractivity contribution in [1.82, 2.24) is 10.3 Å². The molecule has 8 rings (SSSR count). The van der Waals surface area contributed by atoms with Crippen LogP contribution in [0.25, 0.3) is 16.5 Å². The molecule has 0 spiro atoms. The monoisotopic (exact) mass is 770 g/mol. The van der Waals surface area contributed by atoms with Crippen LogP contribution in [0.15, 0.2) is 41.3 Å². The number of aliphatic hydroxyl groups excluding tert-OH is 3. The smallest absolute Gasteiger partial charge is 0.375 e. The van der Waals surface area contributed by atoms with Gasteiger partial charge >= 0.3 is 5.97 Å². The number of H-pyrrole nitrogens is 1. The molecule has 0 amide bonds. The highest BCUT2D eigenvalue weighted by Gasteiger charge is 2.49. The number of piperidine rings is 1. The van der Waals surface area contributed by atoms with Gasteiger partial charge in [0.25, 0.3) is 0 Å². The summed E-state index contributed by atoms with van der Waals surface area (Å²) in [6.45, 7) is 3.75. The second kappa shape index (κ2) is 15.4. The van der Waals surface area contributed by atoms with Gasteiger partial charge < -0.3 is 49.7 Å². The second-order valence-corrected chi connectivity index (χ2v) is 16.0. The van der Waals surface area contributed by atoms with Gasteiger partial charge in [-0.15, -0.1) is 0 Å². The summed E-state index contributed by atoms with van der Waals surface area (Å²) in [4.78, 5) is 44.7. The quantitative estimate of drug-likeness (QED) is 0.144. The molecule has 3 aromatic rings. The Balaban J connectivity index is 1.40. The van der Waals surface area contributed by atoms with Crippen molar-refractivity contribution in [1.29, 1.82) is 0 Å². The highest BCUT2D eigenvalue weighted by Crippen LogP contribution is 2.57. The number of Topliss-reactive ketones (excluding diaryl/α,β-unsaturated/α-hetero) is 1. The van der Waals surface area contributed by atoms with Crippen molar-refractivity contribution in [3.63, 3.8) is 0 Å². The number of carbonyl (C=O) groups is 3. The average Bonchev–Trinajstić information content (AvgIpc) is 3.88. The van der Waals surface area contributed by atoms with Crippen molar-refractivity contribution in [3.05, 3.63) is 69.1 Å². The first-order valence-electron chi connectivity index (χ1n) is 19.8. The maximum atomic E-state index is 14.3. The third kappa shape index (κ3) is 6.43. The summed E-state index contributed by atoms with van der Waals surface area (Å²) in [6, 6.07) is 5.97. The van der Waals surface area contributed by atoms with Crippen LogP contribution in [0, 0.1) is 17.8 Å². The number of aryl methyl sites for hydroxylation is 1. The molecule has 4 aliphatic heterocycles.